The Morgan fingerprint density at radius 1 is 1.10 bits per heavy atom. The molecule has 0 aliphatic carbocycles. The molecule has 3 N–H and O–H groups in total. The van der Waals surface area contributed by atoms with Crippen molar-refractivity contribution in [1.29, 1.82) is 0 Å². The van der Waals surface area contributed by atoms with Crippen molar-refractivity contribution >= 4 is 11.9 Å². The number of likely N-dealkylation sites (tertiary alicyclic amines) is 1. The molecule has 10 heteroatoms. The minimum Gasteiger partial charge on any atom is -0.481 e. The van der Waals surface area contributed by atoms with Gasteiger partial charge < -0.3 is 34.7 Å². The summed E-state index contributed by atoms with van der Waals surface area (Å²) in [6, 6.07) is 5.28. The number of carbonyl (C=O) groups excluding carboxylic acids is 1. The van der Waals surface area contributed by atoms with Crippen LogP contribution in [0.15, 0.2) is 18.2 Å². The van der Waals surface area contributed by atoms with Crippen LogP contribution in [0.25, 0.3) is 0 Å². The van der Waals surface area contributed by atoms with Crippen molar-refractivity contribution in [2.75, 3.05) is 52.7 Å². The number of rotatable bonds is 14. The van der Waals surface area contributed by atoms with E-state index < -0.39 is 23.6 Å². The molecule has 3 aliphatic heterocycles. The van der Waals surface area contributed by atoms with Gasteiger partial charge in [-0.05, 0) is 49.9 Å². The summed E-state index contributed by atoms with van der Waals surface area (Å²) in [6.45, 7) is 10.0. The van der Waals surface area contributed by atoms with Crippen LogP contribution in [-0.2, 0) is 19.1 Å². The lowest BCUT2D eigenvalue weighted by atomic mass is 9.77. The van der Waals surface area contributed by atoms with Crippen LogP contribution in [0.4, 0.5) is 0 Å². The Bertz CT molecular complexity index is 982. The van der Waals surface area contributed by atoms with Crippen LogP contribution in [-0.4, -0.2) is 91.8 Å². The number of aliphatic carboxylic acids is 1. The first-order valence-electron chi connectivity index (χ1n) is 14.3. The van der Waals surface area contributed by atoms with E-state index in [1.54, 1.807) is 0 Å². The highest BCUT2D eigenvalue weighted by Gasteiger charge is 2.50. The summed E-state index contributed by atoms with van der Waals surface area (Å²) < 4.78 is 22.7. The predicted octanol–water partition coefficient (Wildman–Crippen LogP) is 3.04. The third-order valence-corrected chi connectivity index (χ3v) is 8.21. The number of carbonyl (C=O) groups is 2. The second-order valence-electron chi connectivity index (χ2n) is 11.6. The van der Waals surface area contributed by atoms with Crippen LogP contribution < -0.4 is 15.2 Å². The fourth-order valence-electron chi connectivity index (χ4n) is 6.10. The highest BCUT2D eigenvalue weighted by molar-refractivity contribution is 5.79. The molecule has 0 saturated carbocycles. The zero-order valence-corrected chi connectivity index (χ0v) is 23.6. The molecule has 0 bridgehead atoms. The van der Waals surface area contributed by atoms with E-state index in [9.17, 15) is 14.7 Å². The molecule has 3 atom stereocenters. The molecule has 0 aromatic heterocycles. The van der Waals surface area contributed by atoms with E-state index >= 15 is 0 Å². The smallest absolute Gasteiger partial charge is 0.308 e. The fraction of sp³-hybridized carbons (Fsp3) is 0.724. The summed E-state index contributed by atoms with van der Waals surface area (Å²) in [5.41, 5.74) is 6.13. The summed E-state index contributed by atoms with van der Waals surface area (Å²) in [5, 5.41) is 10.5. The lowest BCUT2D eigenvalue weighted by molar-refractivity contribution is -0.148. The van der Waals surface area contributed by atoms with E-state index in [0.29, 0.717) is 57.3 Å². The standard InChI is InChI=1S/C29H45N3O7/c1-4-5-11-31(12-7-6-10-30)25(33)18-32-17-21(20-8-9-23-24(15-20)39-19-38-23)26(27(34)35)22(32)16-29(2,3)28-36-13-14-37-28/h8-9,15,21-22,26,28H,4-7,10-14,16-19,30H2,1-3H3,(H,34,35)/t21-,22+,26-/m1/s1. The summed E-state index contributed by atoms with van der Waals surface area (Å²) in [6.07, 6.45) is 3.76. The van der Waals surface area contributed by atoms with Crippen molar-refractivity contribution in [2.24, 2.45) is 17.1 Å². The maximum atomic E-state index is 13.7. The molecule has 218 valence electrons. The summed E-state index contributed by atoms with van der Waals surface area (Å²) in [4.78, 5) is 30.5. The Labute approximate surface area is 231 Å². The molecule has 1 amide bonds. The SMILES string of the molecule is CCCCN(CCCCN)C(=O)CN1C[C@H](c2ccc3c(c2)OCO3)[C@@H](C(=O)O)[C@@H]1CC(C)(C)C1OCCO1. The number of ether oxygens (including phenoxy) is 4. The quantitative estimate of drug-likeness (QED) is 0.338. The second-order valence-corrected chi connectivity index (χ2v) is 11.6. The molecular weight excluding hydrogens is 502 g/mol. The molecule has 2 fully saturated rings. The number of nitrogens with zero attached hydrogens (tertiary/aromatic N) is 2. The molecule has 10 nitrogen and oxygen atoms in total. The average Bonchev–Trinajstić information content (AvgIpc) is 3.66. The number of carboxylic acids is 1. The number of hydrogen-bond acceptors (Lipinski definition) is 8. The van der Waals surface area contributed by atoms with Crippen LogP contribution in [0.3, 0.4) is 0 Å². The van der Waals surface area contributed by atoms with Crippen LogP contribution >= 0.6 is 0 Å². The Balaban J connectivity index is 1.61. The van der Waals surface area contributed by atoms with Crippen molar-refractivity contribution in [3.8, 4) is 11.5 Å². The van der Waals surface area contributed by atoms with Gasteiger partial charge in [0.25, 0.3) is 0 Å². The van der Waals surface area contributed by atoms with E-state index in [0.717, 1.165) is 31.2 Å². The van der Waals surface area contributed by atoms with Crippen LogP contribution in [0.5, 0.6) is 11.5 Å². The number of benzene rings is 1. The van der Waals surface area contributed by atoms with Crippen molar-refractivity contribution in [3.05, 3.63) is 23.8 Å². The van der Waals surface area contributed by atoms with Gasteiger partial charge in [-0.1, -0.05) is 33.3 Å². The van der Waals surface area contributed by atoms with Gasteiger partial charge in [0, 0.05) is 37.0 Å². The molecule has 0 unspecified atom stereocenters. The van der Waals surface area contributed by atoms with Gasteiger partial charge in [-0.15, -0.1) is 0 Å². The van der Waals surface area contributed by atoms with Gasteiger partial charge in [0.15, 0.2) is 17.8 Å². The third kappa shape index (κ3) is 7.03. The molecule has 1 aromatic rings. The number of unbranched alkanes of at least 4 members (excludes halogenated alkanes) is 2. The van der Waals surface area contributed by atoms with Gasteiger partial charge in [-0.3, -0.25) is 14.5 Å². The topological polar surface area (TPSA) is 124 Å². The highest BCUT2D eigenvalue weighted by atomic mass is 16.7. The molecule has 0 radical (unpaired) electrons. The maximum Gasteiger partial charge on any atom is 0.308 e. The molecule has 4 rings (SSSR count). The molecule has 3 aliphatic rings. The van der Waals surface area contributed by atoms with Gasteiger partial charge in [0.1, 0.15) is 0 Å². The molecular formula is C29H45N3O7. The van der Waals surface area contributed by atoms with Crippen LogP contribution in [0.2, 0.25) is 0 Å². The average molecular weight is 548 g/mol. The third-order valence-electron chi connectivity index (χ3n) is 8.21. The summed E-state index contributed by atoms with van der Waals surface area (Å²) in [5.74, 6) is -0.563. The zero-order chi connectivity index (χ0) is 28.0. The van der Waals surface area contributed by atoms with Crippen molar-refractivity contribution in [2.45, 2.75) is 71.1 Å². The van der Waals surface area contributed by atoms with Crippen LogP contribution in [0, 0.1) is 11.3 Å². The van der Waals surface area contributed by atoms with E-state index in [4.69, 9.17) is 24.7 Å². The normalized spacial score (nSPS) is 23.4. The van der Waals surface area contributed by atoms with Gasteiger partial charge in [0.05, 0.1) is 25.7 Å². The minimum atomic E-state index is -0.868. The molecule has 2 saturated heterocycles. The minimum absolute atomic E-state index is 0.0344. The summed E-state index contributed by atoms with van der Waals surface area (Å²) >= 11 is 0. The number of carboxylic acid groups (broad SMARTS) is 1. The monoisotopic (exact) mass is 547 g/mol. The first kappa shape index (κ1) is 29.6. The van der Waals surface area contributed by atoms with Gasteiger partial charge in [-0.25, -0.2) is 0 Å². The Morgan fingerprint density at radius 3 is 2.51 bits per heavy atom. The lowest BCUT2D eigenvalue weighted by Gasteiger charge is -2.37. The van der Waals surface area contributed by atoms with E-state index in [2.05, 4.69) is 25.7 Å². The van der Waals surface area contributed by atoms with E-state index in [-0.39, 0.29) is 31.2 Å². The first-order valence-corrected chi connectivity index (χ1v) is 14.3. The summed E-state index contributed by atoms with van der Waals surface area (Å²) in [7, 11) is 0. The number of amides is 1. The van der Waals surface area contributed by atoms with Gasteiger partial charge >= 0.3 is 5.97 Å². The first-order chi connectivity index (χ1) is 18.7. The van der Waals surface area contributed by atoms with Gasteiger partial charge in [0.2, 0.25) is 12.7 Å². The molecule has 39 heavy (non-hydrogen) atoms. The van der Waals surface area contributed by atoms with E-state index in [1.165, 1.54) is 0 Å². The molecule has 1 aromatic carbocycles. The fourth-order valence-corrected chi connectivity index (χ4v) is 6.10. The van der Waals surface area contributed by atoms with E-state index in [1.807, 2.05) is 23.1 Å². The maximum absolute atomic E-state index is 13.7. The Morgan fingerprint density at radius 2 is 1.82 bits per heavy atom. The highest BCUT2D eigenvalue weighted by Crippen LogP contribution is 2.46. The Hall–Kier alpha value is -2.40. The number of hydrogen-bond donors (Lipinski definition) is 2. The largest absolute Gasteiger partial charge is 0.481 e. The molecule has 3 heterocycles. The molecule has 0 spiro atoms. The second kappa shape index (κ2) is 13.3. The van der Waals surface area contributed by atoms with Crippen molar-refractivity contribution in [1.82, 2.24) is 9.80 Å². The predicted molar refractivity (Wildman–Crippen MR) is 146 cm³/mol. The zero-order valence-electron chi connectivity index (χ0n) is 23.6. The number of fused-ring (bicyclic) bond motifs is 1. The van der Waals surface area contributed by atoms with Crippen molar-refractivity contribution < 1.29 is 33.6 Å². The van der Waals surface area contributed by atoms with Crippen LogP contribution in [0.1, 0.15) is 64.4 Å². The van der Waals surface area contributed by atoms with Gasteiger partial charge in [-0.2, -0.15) is 0 Å². The Kier molecular flexibility index (Phi) is 10.1. The number of nitrogens with two attached hydrogens (primary N) is 1. The lowest BCUT2D eigenvalue weighted by Crippen LogP contribution is -2.47. The van der Waals surface area contributed by atoms with Crippen molar-refractivity contribution in [3.63, 3.8) is 0 Å².